The highest BCUT2D eigenvalue weighted by Crippen LogP contribution is 2.36. The van der Waals surface area contributed by atoms with Crippen LogP contribution in [0.25, 0.3) is 0 Å². The summed E-state index contributed by atoms with van der Waals surface area (Å²) < 4.78 is 15.6. The van der Waals surface area contributed by atoms with Gasteiger partial charge in [0.2, 0.25) is 5.91 Å². The Morgan fingerprint density at radius 2 is 1.90 bits per heavy atom. The Morgan fingerprint density at radius 1 is 1.17 bits per heavy atom. The highest BCUT2D eigenvalue weighted by Gasteiger charge is 2.32. The SMILES string of the molecule is CCc1ccc(C2CC(=O)Nc3c2c(=O)nc(SCc2ccccc2F)n3C)cc1. The van der Waals surface area contributed by atoms with Gasteiger partial charge in [-0.25, -0.2) is 4.39 Å². The van der Waals surface area contributed by atoms with E-state index in [4.69, 9.17) is 0 Å². The summed E-state index contributed by atoms with van der Waals surface area (Å²) in [6.07, 6.45) is 1.13. The lowest BCUT2D eigenvalue weighted by Crippen LogP contribution is -2.33. The molecule has 1 atom stereocenters. The van der Waals surface area contributed by atoms with Gasteiger partial charge in [0, 0.05) is 25.1 Å². The lowest BCUT2D eigenvalue weighted by Gasteiger charge is -2.27. The smallest absolute Gasteiger partial charge is 0.279 e. The Kier molecular flexibility index (Phi) is 5.72. The number of rotatable bonds is 5. The second-order valence-corrected chi connectivity index (χ2v) is 8.24. The summed E-state index contributed by atoms with van der Waals surface area (Å²) in [5, 5.41) is 3.27. The lowest BCUT2D eigenvalue weighted by molar-refractivity contribution is -0.116. The molecule has 7 heteroatoms. The molecule has 0 aliphatic carbocycles. The quantitative estimate of drug-likeness (QED) is 0.492. The number of hydrogen-bond donors (Lipinski definition) is 1. The number of thioether (sulfide) groups is 1. The van der Waals surface area contributed by atoms with Crippen molar-refractivity contribution in [1.82, 2.24) is 9.55 Å². The van der Waals surface area contributed by atoms with Crippen LogP contribution in [-0.4, -0.2) is 15.5 Å². The van der Waals surface area contributed by atoms with Crippen LogP contribution in [-0.2, 0) is 24.0 Å². The Morgan fingerprint density at radius 3 is 2.60 bits per heavy atom. The molecule has 0 bridgehead atoms. The van der Waals surface area contributed by atoms with Crippen LogP contribution in [0.1, 0.15) is 41.5 Å². The summed E-state index contributed by atoms with van der Waals surface area (Å²) in [5.41, 5.74) is 2.80. The molecule has 4 rings (SSSR count). The van der Waals surface area contributed by atoms with Crippen LogP contribution in [0.15, 0.2) is 58.5 Å². The fourth-order valence-electron chi connectivity index (χ4n) is 3.69. The largest absolute Gasteiger partial charge is 0.312 e. The van der Waals surface area contributed by atoms with E-state index in [1.165, 1.54) is 23.4 Å². The molecule has 0 saturated heterocycles. The standard InChI is InChI=1S/C23H22FN3O2S/c1-3-14-8-10-15(11-9-14)17-12-19(28)25-21-20(17)22(29)26-23(27(21)2)30-13-16-6-4-5-7-18(16)24/h4-11,17H,3,12-13H2,1-2H3,(H,25,28). The van der Waals surface area contributed by atoms with Crippen LogP contribution < -0.4 is 10.9 Å². The number of carbonyl (C=O) groups excluding carboxylic acids is 1. The molecular weight excluding hydrogens is 401 g/mol. The summed E-state index contributed by atoms with van der Waals surface area (Å²) in [6, 6.07) is 14.5. The van der Waals surface area contributed by atoms with Crippen LogP contribution in [0.3, 0.4) is 0 Å². The van der Waals surface area contributed by atoms with E-state index in [1.54, 1.807) is 29.8 Å². The van der Waals surface area contributed by atoms with E-state index >= 15 is 0 Å². The van der Waals surface area contributed by atoms with Crippen molar-refractivity contribution in [3.05, 3.63) is 87.0 Å². The summed E-state index contributed by atoms with van der Waals surface area (Å²) in [4.78, 5) is 29.7. The number of nitrogens with one attached hydrogen (secondary N) is 1. The van der Waals surface area contributed by atoms with E-state index in [1.807, 2.05) is 24.3 Å². The Bertz CT molecular complexity index is 1160. The predicted octanol–water partition coefficient (Wildman–Crippen LogP) is 4.25. The molecule has 1 aliphatic rings. The van der Waals surface area contributed by atoms with Crippen molar-refractivity contribution in [2.24, 2.45) is 7.05 Å². The van der Waals surface area contributed by atoms with Gasteiger partial charge in [-0.1, -0.05) is 61.2 Å². The van der Waals surface area contributed by atoms with Crippen LogP contribution in [0.4, 0.5) is 10.2 Å². The van der Waals surface area contributed by atoms with Gasteiger partial charge in [-0.15, -0.1) is 0 Å². The zero-order chi connectivity index (χ0) is 21.3. The Labute approximate surface area is 178 Å². The van der Waals surface area contributed by atoms with Crippen LogP contribution in [0.2, 0.25) is 0 Å². The molecule has 5 nitrogen and oxygen atoms in total. The number of aryl methyl sites for hydroxylation is 1. The molecule has 30 heavy (non-hydrogen) atoms. The van der Waals surface area contributed by atoms with Gasteiger partial charge in [-0.3, -0.25) is 9.59 Å². The summed E-state index contributed by atoms with van der Waals surface area (Å²) >= 11 is 1.27. The minimum Gasteiger partial charge on any atom is -0.312 e. The fraction of sp³-hybridized carbons (Fsp3) is 0.261. The van der Waals surface area contributed by atoms with Crippen LogP contribution in [0, 0.1) is 5.82 Å². The lowest BCUT2D eigenvalue weighted by atomic mass is 9.86. The maximum atomic E-state index is 13.9. The molecule has 1 aliphatic heterocycles. The normalized spacial score (nSPS) is 15.6. The minimum atomic E-state index is -0.358. The van der Waals surface area contributed by atoms with E-state index in [-0.39, 0.29) is 29.6 Å². The van der Waals surface area contributed by atoms with Gasteiger partial charge >= 0.3 is 0 Å². The van der Waals surface area contributed by atoms with Crippen molar-refractivity contribution in [3.8, 4) is 0 Å². The summed E-state index contributed by atoms with van der Waals surface area (Å²) in [7, 11) is 1.76. The second kappa shape index (κ2) is 8.44. The second-order valence-electron chi connectivity index (χ2n) is 7.30. The number of fused-ring (bicyclic) bond motifs is 1. The average molecular weight is 424 g/mol. The molecule has 1 aromatic heterocycles. The summed E-state index contributed by atoms with van der Waals surface area (Å²) in [5.74, 6) is 0.0280. The third-order valence-corrected chi connectivity index (χ3v) is 6.48. The van der Waals surface area contributed by atoms with E-state index < -0.39 is 0 Å². The zero-order valence-electron chi connectivity index (χ0n) is 16.8. The molecule has 3 aromatic rings. The van der Waals surface area contributed by atoms with Gasteiger partial charge in [0.05, 0.1) is 5.56 Å². The number of nitrogens with zero attached hydrogens (tertiary/aromatic N) is 2. The van der Waals surface area contributed by atoms with Crippen molar-refractivity contribution >= 4 is 23.5 Å². The summed E-state index contributed by atoms with van der Waals surface area (Å²) in [6.45, 7) is 2.08. The minimum absolute atomic E-state index is 0.140. The first-order valence-corrected chi connectivity index (χ1v) is 10.8. The monoisotopic (exact) mass is 423 g/mol. The molecular formula is C23H22FN3O2S. The van der Waals surface area contributed by atoms with Gasteiger partial charge in [0.25, 0.3) is 5.56 Å². The van der Waals surface area contributed by atoms with Crippen LogP contribution in [0.5, 0.6) is 0 Å². The van der Waals surface area contributed by atoms with Gasteiger partial charge < -0.3 is 9.88 Å². The Hall–Kier alpha value is -2.93. The number of aromatic nitrogens is 2. The first-order valence-electron chi connectivity index (χ1n) is 9.83. The molecule has 154 valence electrons. The maximum absolute atomic E-state index is 13.9. The van der Waals surface area contributed by atoms with Gasteiger partial charge in [0.1, 0.15) is 11.6 Å². The van der Waals surface area contributed by atoms with E-state index in [9.17, 15) is 14.0 Å². The third kappa shape index (κ3) is 3.89. The number of halogens is 1. The molecule has 0 radical (unpaired) electrons. The molecule has 1 amide bonds. The van der Waals surface area contributed by atoms with Crippen molar-refractivity contribution in [3.63, 3.8) is 0 Å². The van der Waals surface area contributed by atoms with Gasteiger partial charge in [-0.05, 0) is 29.2 Å². The number of hydrogen-bond acceptors (Lipinski definition) is 4. The molecule has 1 unspecified atom stereocenters. The first-order chi connectivity index (χ1) is 14.5. The third-order valence-electron chi connectivity index (χ3n) is 5.41. The van der Waals surface area contributed by atoms with E-state index in [2.05, 4.69) is 17.2 Å². The van der Waals surface area contributed by atoms with Crippen molar-refractivity contribution < 1.29 is 9.18 Å². The molecule has 0 fully saturated rings. The Balaban J connectivity index is 1.71. The molecule has 0 saturated carbocycles. The van der Waals surface area contributed by atoms with Crippen molar-refractivity contribution in [2.75, 3.05) is 5.32 Å². The maximum Gasteiger partial charge on any atom is 0.279 e. The molecule has 2 aromatic carbocycles. The first kappa shape index (κ1) is 20.3. The van der Waals surface area contributed by atoms with Crippen molar-refractivity contribution in [1.29, 1.82) is 0 Å². The molecule has 0 spiro atoms. The fourth-order valence-corrected chi connectivity index (χ4v) is 4.64. The van der Waals surface area contributed by atoms with Crippen LogP contribution >= 0.6 is 11.8 Å². The van der Waals surface area contributed by atoms with Gasteiger partial charge in [0.15, 0.2) is 5.16 Å². The molecule has 1 N–H and O–H groups in total. The number of carbonyl (C=O) groups is 1. The number of amides is 1. The number of benzene rings is 2. The highest BCUT2D eigenvalue weighted by atomic mass is 32.2. The number of anilines is 1. The van der Waals surface area contributed by atoms with E-state index in [0.717, 1.165) is 12.0 Å². The van der Waals surface area contributed by atoms with Crippen molar-refractivity contribution in [2.45, 2.75) is 36.6 Å². The molecule has 2 heterocycles. The zero-order valence-corrected chi connectivity index (χ0v) is 17.6. The topological polar surface area (TPSA) is 64.0 Å². The highest BCUT2D eigenvalue weighted by molar-refractivity contribution is 7.98. The van der Waals surface area contributed by atoms with Gasteiger partial charge in [-0.2, -0.15) is 4.98 Å². The predicted molar refractivity (Wildman–Crippen MR) is 116 cm³/mol. The van der Waals surface area contributed by atoms with E-state index in [0.29, 0.717) is 27.9 Å². The average Bonchev–Trinajstić information content (AvgIpc) is 2.75.